The Morgan fingerprint density at radius 2 is 1.68 bits per heavy atom. The van der Waals surface area contributed by atoms with Gasteiger partial charge >= 0.3 is 0 Å². The molecule has 0 unspecified atom stereocenters. The molecule has 2 aromatic rings. The number of rotatable bonds is 13. The maximum atomic E-state index is 13.2. The van der Waals surface area contributed by atoms with Crippen LogP contribution in [0.3, 0.4) is 0 Å². The van der Waals surface area contributed by atoms with Crippen LogP contribution in [0.1, 0.15) is 31.4 Å². The topological polar surface area (TPSA) is 105 Å². The van der Waals surface area contributed by atoms with Crippen molar-refractivity contribution in [2.45, 2.75) is 44.2 Å². The van der Waals surface area contributed by atoms with Crippen LogP contribution in [-0.4, -0.2) is 58.0 Å². The molecule has 2 aromatic carbocycles. The third kappa shape index (κ3) is 8.39. The number of nitrogens with zero attached hydrogens (tertiary/aromatic N) is 1. The van der Waals surface area contributed by atoms with Gasteiger partial charge in [0.1, 0.15) is 6.04 Å². The number of amides is 2. The van der Waals surface area contributed by atoms with Gasteiger partial charge in [-0.3, -0.25) is 9.59 Å². The highest BCUT2D eigenvalue weighted by molar-refractivity contribution is 7.89. The van der Waals surface area contributed by atoms with Crippen molar-refractivity contribution in [2.24, 2.45) is 0 Å². The predicted octanol–water partition coefficient (Wildman–Crippen LogP) is 2.75. The molecular weight excluding hydrogens is 478 g/mol. The van der Waals surface area contributed by atoms with E-state index in [1.54, 1.807) is 45.2 Å². The molecule has 10 heteroatoms. The molecule has 0 saturated heterocycles. The predicted molar refractivity (Wildman–Crippen MR) is 132 cm³/mol. The maximum absolute atomic E-state index is 13.2. The number of sulfonamides is 1. The Bertz CT molecular complexity index is 1040. The summed E-state index contributed by atoms with van der Waals surface area (Å²) in [5.74, 6) is -0.453. The molecule has 2 rings (SSSR count). The molecule has 0 aliphatic carbocycles. The number of halogens is 1. The van der Waals surface area contributed by atoms with Crippen LogP contribution in [0, 0.1) is 0 Å². The van der Waals surface area contributed by atoms with Gasteiger partial charge in [-0.15, -0.1) is 0 Å². The van der Waals surface area contributed by atoms with E-state index in [-0.39, 0.29) is 29.7 Å². The summed E-state index contributed by atoms with van der Waals surface area (Å²) in [4.78, 5) is 27.5. The summed E-state index contributed by atoms with van der Waals surface area (Å²) in [6.45, 7) is 4.70. The highest BCUT2D eigenvalue weighted by atomic mass is 35.5. The fourth-order valence-corrected chi connectivity index (χ4v) is 4.46. The summed E-state index contributed by atoms with van der Waals surface area (Å²) in [7, 11) is -1.98. The van der Waals surface area contributed by atoms with Crippen LogP contribution in [0.15, 0.2) is 53.4 Å². The maximum Gasteiger partial charge on any atom is 0.242 e. The van der Waals surface area contributed by atoms with E-state index in [2.05, 4.69) is 10.0 Å². The lowest BCUT2D eigenvalue weighted by atomic mass is 10.1. The zero-order chi connectivity index (χ0) is 25.1. The normalized spacial score (nSPS) is 12.2. The van der Waals surface area contributed by atoms with E-state index in [0.29, 0.717) is 31.1 Å². The van der Waals surface area contributed by atoms with Crippen LogP contribution in [0.25, 0.3) is 0 Å². The van der Waals surface area contributed by atoms with Crippen molar-refractivity contribution >= 4 is 33.4 Å². The first-order chi connectivity index (χ1) is 16.2. The number of carbonyl (C=O) groups excluding carboxylic acids is 2. The average Bonchev–Trinajstić information content (AvgIpc) is 2.82. The molecule has 0 aromatic heterocycles. The van der Waals surface area contributed by atoms with Crippen molar-refractivity contribution in [3.05, 3.63) is 64.7 Å². The van der Waals surface area contributed by atoms with Crippen LogP contribution in [0.5, 0.6) is 0 Å². The van der Waals surface area contributed by atoms with E-state index < -0.39 is 16.1 Å². The Kier molecular flexibility index (Phi) is 11.0. The molecule has 8 nitrogen and oxygen atoms in total. The Morgan fingerprint density at radius 3 is 2.26 bits per heavy atom. The van der Waals surface area contributed by atoms with Crippen molar-refractivity contribution in [2.75, 3.05) is 26.8 Å². The van der Waals surface area contributed by atoms with Crippen molar-refractivity contribution in [3.8, 4) is 0 Å². The third-order valence-electron chi connectivity index (χ3n) is 5.23. The first-order valence-corrected chi connectivity index (χ1v) is 12.9. The van der Waals surface area contributed by atoms with E-state index in [9.17, 15) is 18.0 Å². The van der Waals surface area contributed by atoms with Gasteiger partial charge in [-0.2, -0.15) is 0 Å². The number of benzene rings is 2. The summed E-state index contributed by atoms with van der Waals surface area (Å²) < 4.78 is 31.6. The van der Waals surface area contributed by atoms with Crippen LogP contribution >= 0.6 is 11.6 Å². The second-order valence-electron chi connectivity index (χ2n) is 7.75. The van der Waals surface area contributed by atoms with Crippen LogP contribution in [0.2, 0.25) is 5.02 Å². The fourth-order valence-electron chi connectivity index (χ4n) is 3.30. The number of methoxy groups -OCH3 is 1. The Hall–Kier alpha value is -2.46. The molecule has 0 aliphatic heterocycles. The van der Waals surface area contributed by atoms with Gasteiger partial charge in [0.25, 0.3) is 0 Å². The van der Waals surface area contributed by atoms with Crippen molar-refractivity contribution in [1.29, 1.82) is 0 Å². The van der Waals surface area contributed by atoms with Crippen LogP contribution in [0.4, 0.5) is 0 Å². The Balaban J connectivity index is 2.10. The van der Waals surface area contributed by atoms with E-state index in [1.807, 2.05) is 12.1 Å². The van der Waals surface area contributed by atoms with Gasteiger partial charge in [-0.1, -0.05) is 42.8 Å². The zero-order valence-corrected chi connectivity index (χ0v) is 21.3. The number of hydrogen-bond acceptors (Lipinski definition) is 5. The van der Waals surface area contributed by atoms with Gasteiger partial charge in [0.2, 0.25) is 21.8 Å². The van der Waals surface area contributed by atoms with Gasteiger partial charge in [0, 0.05) is 38.2 Å². The molecular formula is C24H32ClN3O5S. The number of aryl methyl sites for hydroxylation is 1. The van der Waals surface area contributed by atoms with Gasteiger partial charge < -0.3 is 15.0 Å². The Morgan fingerprint density at radius 1 is 1.06 bits per heavy atom. The fraction of sp³-hybridized carbons (Fsp3) is 0.417. The molecule has 0 heterocycles. The van der Waals surface area contributed by atoms with Crippen LogP contribution < -0.4 is 10.0 Å². The van der Waals surface area contributed by atoms with Gasteiger partial charge in [-0.05, 0) is 48.7 Å². The van der Waals surface area contributed by atoms with E-state index in [4.69, 9.17) is 16.3 Å². The molecule has 0 aliphatic rings. The zero-order valence-electron chi connectivity index (χ0n) is 19.7. The molecule has 1 atom stereocenters. The van der Waals surface area contributed by atoms with Crippen molar-refractivity contribution in [1.82, 2.24) is 14.9 Å². The van der Waals surface area contributed by atoms with Crippen molar-refractivity contribution < 1.29 is 22.7 Å². The minimum Gasteiger partial charge on any atom is -0.383 e. The Labute approximate surface area is 206 Å². The van der Waals surface area contributed by atoms with Gasteiger partial charge in [-0.25, -0.2) is 13.1 Å². The van der Waals surface area contributed by atoms with E-state index >= 15 is 0 Å². The molecule has 0 saturated carbocycles. The summed E-state index contributed by atoms with van der Waals surface area (Å²) in [5.41, 5.74) is 1.68. The number of nitrogens with one attached hydrogen (secondary N) is 2. The number of ether oxygens (including phenoxy) is 1. The monoisotopic (exact) mass is 509 g/mol. The second-order valence-corrected chi connectivity index (χ2v) is 9.96. The molecule has 2 amide bonds. The minimum atomic E-state index is -3.53. The molecule has 0 bridgehead atoms. The number of carbonyl (C=O) groups is 2. The lowest BCUT2D eigenvalue weighted by Crippen LogP contribution is -2.48. The third-order valence-corrected chi connectivity index (χ3v) is 7.05. The quantitative estimate of drug-likeness (QED) is 0.404. The smallest absolute Gasteiger partial charge is 0.242 e. The molecule has 186 valence electrons. The lowest BCUT2D eigenvalue weighted by Gasteiger charge is -2.29. The van der Waals surface area contributed by atoms with Crippen molar-refractivity contribution in [3.63, 3.8) is 0 Å². The summed E-state index contributed by atoms with van der Waals surface area (Å²) in [6, 6.07) is 12.9. The van der Waals surface area contributed by atoms with Gasteiger partial charge in [0.15, 0.2) is 0 Å². The van der Waals surface area contributed by atoms with E-state index in [0.717, 1.165) is 11.1 Å². The first kappa shape index (κ1) is 27.8. The first-order valence-electron chi connectivity index (χ1n) is 11.1. The molecule has 0 spiro atoms. The second kappa shape index (κ2) is 13.4. The van der Waals surface area contributed by atoms with E-state index in [1.165, 1.54) is 17.0 Å². The minimum absolute atomic E-state index is 0.169. The summed E-state index contributed by atoms with van der Waals surface area (Å²) >= 11 is 5.97. The molecule has 2 N–H and O–H groups in total. The van der Waals surface area contributed by atoms with Crippen LogP contribution in [-0.2, 0) is 37.3 Å². The molecule has 34 heavy (non-hydrogen) atoms. The highest BCUT2D eigenvalue weighted by Crippen LogP contribution is 2.16. The standard InChI is InChI=1S/C24H32ClN3O5S/c1-4-27-34(31,32)22-12-7-19(8-13-22)9-14-23(29)28(17-20-5-10-21(25)11-6-20)18(2)24(30)26-15-16-33-3/h5-8,10-13,18,27H,4,9,14-17H2,1-3H3,(H,26,30)/t18-/m1/s1. The molecule has 0 radical (unpaired) electrons. The summed E-state index contributed by atoms with van der Waals surface area (Å²) in [6.07, 6.45) is 0.581. The number of hydrogen-bond donors (Lipinski definition) is 2. The van der Waals surface area contributed by atoms with Gasteiger partial charge in [0.05, 0.1) is 11.5 Å². The highest BCUT2D eigenvalue weighted by Gasteiger charge is 2.26. The summed E-state index contributed by atoms with van der Waals surface area (Å²) in [5, 5.41) is 3.37. The lowest BCUT2D eigenvalue weighted by molar-refractivity contribution is -0.140. The SMILES string of the molecule is CCNS(=O)(=O)c1ccc(CCC(=O)N(Cc2ccc(Cl)cc2)[C@H](C)C(=O)NCCOC)cc1. The average molecular weight is 510 g/mol. The largest absolute Gasteiger partial charge is 0.383 e. The molecule has 0 fully saturated rings.